The van der Waals surface area contributed by atoms with Crippen molar-refractivity contribution in [2.75, 3.05) is 20.3 Å². The number of benzene rings is 2. The van der Waals surface area contributed by atoms with Crippen LogP contribution in [0.2, 0.25) is 0 Å². The zero-order chi connectivity index (χ0) is 26.6. The third-order valence-electron chi connectivity index (χ3n) is 5.57. The first-order valence-corrected chi connectivity index (χ1v) is 13.2. The van der Waals surface area contributed by atoms with E-state index in [1.165, 1.54) is 18.7 Å². The van der Waals surface area contributed by atoms with Gasteiger partial charge in [-0.15, -0.1) is 0 Å². The molecule has 0 aliphatic heterocycles. The number of esters is 1. The van der Waals surface area contributed by atoms with E-state index in [2.05, 4.69) is 36.5 Å². The van der Waals surface area contributed by atoms with Gasteiger partial charge in [0.05, 0.1) is 36.9 Å². The quantitative estimate of drug-likeness (QED) is 0.246. The molecule has 2 aromatic carbocycles. The summed E-state index contributed by atoms with van der Waals surface area (Å²) >= 11 is 0.990. The van der Waals surface area contributed by atoms with Crippen LogP contribution in [0.15, 0.2) is 42.5 Å². The molecule has 0 spiro atoms. The molecule has 8 heteroatoms. The summed E-state index contributed by atoms with van der Waals surface area (Å²) in [4.78, 5) is 24.6. The molecule has 1 unspecified atom stereocenters. The number of carbonyl (C=O) groups excluding carboxylic acids is 2. The van der Waals surface area contributed by atoms with Gasteiger partial charge in [0.25, 0.3) is 0 Å². The molecule has 0 heterocycles. The minimum absolute atomic E-state index is 0.0544. The second kappa shape index (κ2) is 14.6. The number of hydrogen-bond acceptors (Lipinski definition) is 7. The average Bonchev–Trinajstić information content (AvgIpc) is 2.85. The Kier molecular flexibility index (Phi) is 11.9. The summed E-state index contributed by atoms with van der Waals surface area (Å²) < 4.78 is 15.9. The first-order valence-electron chi connectivity index (χ1n) is 12.3. The number of hydrogen-bond donors (Lipinski definition) is 2. The fourth-order valence-electron chi connectivity index (χ4n) is 3.38. The van der Waals surface area contributed by atoms with E-state index in [4.69, 9.17) is 13.7 Å². The van der Waals surface area contributed by atoms with Crippen LogP contribution >= 0.6 is 12.0 Å². The summed E-state index contributed by atoms with van der Waals surface area (Å²) in [6.07, 6.45) is 3.48. The molecule has 1 atom stereocenters. The molecular formula is C28H39NO6S. The number of rotatable bonds is 13. The SMILES string of the molecule is CCCCc1ccc(CC(CNC(=O)OSCc2ccc(O)c(OC)c2)COC(=O)C(C)(C)C)cc1. The molecule has 0 bridgehead atoms. The lowest BCUT2D eigenvalue weighted by Crippen LogP contribution is -2.34. The highest BCUT2D eigenvalue weighted by molar-refractivity contribution is 7.94. The van der Waals surface area contributed by atoms with E-state index in [9.17, 15) is 14.7 Å². The number of amides is 1. The molecule has 1 amide bonds. The highest BCUT2D eigenvalue weighted by Gasteiger charge is 2.24. The average molecular weight is 518 g/mol. The summed E-state index contributed by atoms with van der Waals surface area (Å²) in [5, 5.41) is 12.5. The fraction of sp³-hybridized carbons (Fsp3) is 0.500. The number of carbonyl (C=O) groups is 2. The van der Waals surface area contributed by atoms with Crippen molar-refractivity contribution in [3.63, 3.8) is 0 Å². The molecule has 0 aliphatic carbocycles. The second-order valence-corrected chi connectivity index (χ2v) is 10.5. The third-order valence-corrected chi connectivity index (χ3v) is 6.29. The van der Waals surface area contributed by atoms with E-state index in [1.807, 2.05) is 20.8 Å². The Morgan fingerprint density at radius 2 is 1.72 bits per heavy atom. The second-order valence-electron chi connectivity index (χ2n) is 9.86. The van der Waals surface area contributed by atoms with E-state index in [0.717, 1.165) is 42.4 Å². The van der Waals surface area contributed by atoms with Gasteiger partial charge in [0.15, 0.2) is 11.5 Å². The number of phenolic OH excluding ortho intramolecular Hbond substituents is 1. The molecular weight excluding hydrogens is 478 g/mol. The standard InChI is InChI=1S/C28H39NO6S/c1-6-7-8-20-9-11-21(12-10-20)15-23(18-34-26(31)28(2,3)4)17-29-27(32)35-36-19-22-13-14-24(30)25(16-22)33-5/h9-14,16,23,30H,6-8,15,17-19H2,1-5H3,(H,29,32). The van der Waals surface area contributed by atoms with Crippen molar-refractivity contribution >= 4 is 24.1 Å². The van der Waals surface area contributed by atoms with Crippen LogP contribution in [-0.4, -0.2) is 37.4 Å². The lowest BCUT2D eigenvalue weighted by molar-refractivity contribution is -0.154. The van der Waals surface area contributed by atoms with Gasteiger partial charge >= 0.3 is 12.1 Å². The van der Waals surface area contributed by atoms with E-state index >= 15 is 0 Å². The van der Waals surface area contributed by atoms with Crippen LogP contribution < -0.4 is 10.1 Å². The van der Waals surface area contributed by atoms with Crippen LogP contribution in [0.4, 0.5) is 4.79 Å². The van der Waals surface area contributed by atoms with Gasteiger partial charge < -0.3 is 24.1 Å². The predicted octanol–water partition coefficient (Wildman–Crippen LogP) is 6.07. The Bertz CT molecular complexity index is 971. The van der Waals surface area contributed by atoms with Gasteiger partial charge in [-0.05, 0) is 68.9 Å². The Labute approximate surface area is 219 Å². The molecule has 36 heavy (non-hydrogen) atoms. The summed E-state index contributed by atoms with van der Waals surface area (Å²) in [5.74, 6) is 0.449. The monoisotopic (exact) mass is 517 g/mol. The molecule has 0 radical (unpaired) electrons. The number of unbranched alkanes of at least 4 members (excludes halogenated alkanes) is 1. The van der Waals surface area contributed by atoms with Gasteiger partial charge in [-0.3, -0.25) is 4.79 Å². The van der Waals surface area contributed by atoms with Crippen LogP contribution in [-0.2, 0) is 32.3 Å². The molecule has 0 saturated carbocycles. The summed E-state index contributed by atoms with van der Waals surface area (Å²) in [6.45, 7) is 8.14. The molecule has 0 fully saturated rings. The molecule has 0 saturated heterocycles. The maximum absolute atomic E-state index is 12.3. The Morgan fingerprint density at radius 3 is 2.36 bits per heavy atom. The molecule has 2 aromatic rings. The normalized spacial score (nSPS) is 12.0. The van der Waals surface area contributed by atoms with Crippen molar-refractivity contribution in [1.82, 2.24) is 5.32 Å². The fourth-order valence-corrected chi connectivity index (χ4v) is 3.92. The number of nitrogens with one attached hydrogen (secondary N) is 1. The number of methoxy groups -OCH3 is 1. The van der Waals surface area contributed by atoms with Gasteiger partial charge in [0.2, 0.25) is 0 Å². The van der Waals surface area contributed by atoms with Crippen molar-refractivity contribution in [1.29, 1.82) is 0 Å². The minimum Gasteiger partial charge on any atom is -0.504 e. The number of aryl methyl sites for hydroxylation is 1. The van der Waals surface area contributed by atoms with Gasteiger partial charge in [-0.1, -0.05) is 43.7 Å². The zero-order valence-corrected chi connectivity index (χ0v) is 22.8. The van der Waals surface area contributed by atoms with E-state index in [-0.39, 0.29) is 24.2 Å². The molecule has 0 aliphatic rings. The van der Waals surface area contributed by atoms with Crippen molar-refractivity contribution in [2.24, 2.45) is 11.3 Å². The first kappa shape index (κ1) is 29.4. The highest BCUT2D eigenvalue weighted by Crippen LogP contribution is 2.28. The maximum Gasteiger partial charge on any atom is 0.419 e. The zero-order valence-electron chi connectivity index (χ0n) is 22.0. The number of ether oxygens (including phenoxy) is 2. The first-order chi connectivity index (χ1) is 17.1. The Balaban J connectivity index is 1.89. The maximum atomic E-state index is 12.3. The third kappa shape index (κ3) is 10.4. The molecule has 2 N–H and O–H groups in total. The van der Waals surface area contributed by atoms with Crippen molar-refractivity contribution < 1.29 is 28.4 Å². The van der Waals surface area contributed by atoms with Crippen molar-refractivity contribution in [3.8, 4) is 11.5 Å². The summed E-state index contributed by atoms with van der Waals surface area (Å²) in [6, 6.07) is 13.4. The summed E-state index contributed by atoms with van der Waals surface area (Å²) in [7, 11) is 1.48. The van der Waals surface area contributed by atoms with E-state index in [1.54, 1.807) is 12.1 Å². The van der Waals surface area contributed by atoms with Crippen molar-refractivity contribution in [3.05, 3.63) is 59.2 Å². The Hall–Kier alpha value is -2.87. The number of phenols is 1. The largest absolute Gasteiger partial charge is 0.504 e. The molecule has 2 rings (SSSR count). The lowest BCUT2D eigenvalue weighted by atomic mass is 9.96. The van der Waals surface area contributed by atoms with Crippen LogP contribution in [0.3, 0.4) is 0 Å². The molecule has 0 aromatic heterocycles. The Morgan fingerprint density at radius 1 is 1.06 bits per heavy atom. The molecule has 198 valence electrons. The van der Waals surface area contributed by atoms with Gasteiger partial charge in [-0.25, -0.2) is 4.79 Å². The number of aromatic hydroxyl groups is 1. The molecule has 7 nitrogen and oxygen atoms in total. The van der Waals surface area contributed by atoms with Gasteiger partial charge in [0.1, 0.15) is 0 Å². The smallest absolute Gasteiger partial charge is 0.419 e. The topological polar surface area (TPSA) is 94.1 Å². The lowest BCUT2D eigenvalue weighted by Gasteiger charge is -2.21. The van der Waals surface area contributed by atoms with E-state index < -0.39 is 11.5 Å². The van der Waals surface area contributed by atoms with Crippen LogP contribution in [0, 0.1) is 11.3 Å². The van der Waals surface area contributed by atoms with Crippen molar-refractivity contribution in [2.45, 2.75) is 59.1 Å². The van der Waals surface area contributed by atoms with Crippen LogP contribution in [0.25, 0.3) is 0 Å². The van der Waals surface area contributed by atoms with Gasteiger partial charge in [0, 0.05) is 12.5 Å². The summed E-state index contributed by atoms with van der Waals surface area (Å²) in [5.41, 5.74) is 2.68. The minimum atomic E-state index is -0.592. The van der Waals surface area contributed by atoms with Crippen LogP contribution in [0.1, 0.15) is 57.2 Å². The predicted molar refractivity (Wildman–Crippen MR) is 143 cm³/mol. The van der Waals surface area contributed by atoms with E-state index in [0.29, 0.717) is 24.5 Å². The van der Waals surface area contributed by atoms with Crippen LogP contribution in [0.5, 0.6) is 11.5 Å². The van der Waals surface area contributed by atoms with Gasteiger partial charge in [-0.2, -0.15) is 0 Å². The highest BCUT2D eigenvalue weighted by atomic mass is 32.2.